The summed E-state index contributed by atoms with van der Waals surface area (Å²) in [5.74, 6) is 0. The highest BCUT2D eigenvalue weighted by molar-refractivity contribution is 7.85. The van der Waals surface area contributed by atoms with Crippen molar-refractivity contribution in [1.29, 1.82) is 0 Å². The second-order valence-electron chi connectivity index (χ2n) is 6.76. The molecule has 28 heavy (non-hydrogen) atoms. The molecule has 2 heterocycles. The van der Waals surface area contributed by atoms with Crippen LogP contribution >= 0.6 is 11.3 Å². The van der Waals surface area contributed by atoms with Crippen LogP contribution in [0.25, 0.3) is 15.7 Å². The third-order valence-corrected chi connectivity index (χ3v) is 6.78. The van der Waals surface area contributed by atoms with Gasteiger partial charge in [0.15, 0.2) is 0 Å². The molecule has 0 radical (unpaired) electrons. The molecule has 1 aliphatic heterocycles. The van der Waals surface area contributed by atoms with Crippen molar-refractivity contribution in [2.75, 3.05) is 13.1 Å². The Hall–Kier alpha value is -1.99. The molecule has 0 fully saturated rings. The molecule has 0 unspecified atom stereocenters. The first-order valence-corrected chi connectivity index (χ1v) is 11.6. The Balaban J connectivity index is 0.000000178. The number of fused-ring (bicyclic) bond motifs is 1. The fourth-order valence-corrected chi connectivity index (χ4v) is 4.80. The van der Waals surface area contributed by atoms with Gasteiger partial charge in [-0.1, -0.05) is 42.8 Å². The number of thiophene rings is 1. The molecule has 148 valence electrons. The molecular weight excluding hydrogens is 390 g/mol. The van der Waals surface area contributed by atoms with E-state index in [-0.39, 0.29) is 4.90 Å². The van der Waals surface area contributed by atoms with E-state index in [4.69, 9.17) is 4.55 Å². The normalized spacial score (nSPS) is 14.3. The monoisotopic (exact) mass is 415 g/mol. The average molecular weight is 416 g/mol. The van der Waals surface area contributed by atoms with E-state index < -0.39 is 10.1 Å². The van der Waals surface area contributed by atoms with E-state index >= 15 is 0 Å². The molecule has 0 saturated carbocycles. The van der Waals surface area contributed by atoms with Gasteiger partial charge in [0.05, 0.1) is 4.90 Å². The number of rotatable bonds is 3. The summed E-state index contributed by atoms with van der Waals surface area (Å²) in [6, 6.07) is 15.0. The first-order chi connectivity index (χ1) is 13.4. The summed E-state index contributed by atoms with van der Waals surface area (Å²) in [7, 11) is -4.02. The van der Waals surface area contributed by atoms with Crippen LogP contribution in [0.15, 0.2) is 59.5 Å². The summed E-state index contributed by atoms with van der Waals surface area (Å²) in [5.41, 5.74) is 3.95. The van der Waals surface area contributed by atoms with E-state index in [1.54, 1.807) is 12.1 Å². The topological polar surface area (TPSA) is 66.4 Å². The first kappa shape index (κ1) is 20.7. The molecule has 3 aromatic rings. The van der Waals surface area contributed by atoms with Gasteiger partial charge in [0, 0.05) is 16.1 Å². The van der Waals surface area contributed by atoms with Crippen molar-refractivity contribution in [3.63, 3.8) is 0 Å². The lowest BCUT2D eigenvalue weighted by Crippen LogP contribution is -2.19. The summed E-state index contributed by atoms with van der Waals surface area (Å²) >= 11 is 1.94. The maximum Gasteiger partial charge on any atom is 0.294 e. The van der Waals surface area contributed by atoms with Crippen LogP contribution in [-0.2, 0) is 16.5 Å². The maximum absolute atomic E-state index is 10.5. The molecule has 0 amide bonds. The zero-order valence-corrected chi connectivity index (χ0v) is 17.7. The van der Waals surface area contributed by atoms with Gasteiger partial charge >= 0.3 is 0 Å². The van der Waals surface area contributed by atoms with Gasteiger partial charge in [0.25, 0.3) is 10.1 Å². The Bertz CT molecular complexity index is 1080. The molecule has 4 rings (SSSR count). The maximum atomic E-state index is 10.5. The Morgan fingerprint density at radius 1 is 1.14 bits per heavy atom. The number of benzene rings is 2. The summed E-state index contributed by atoms with van der Waals surface area (Å²) in [4.78, 5) is 1.39. The molecular formula is C22H25NO3S2. The highest BCUT2D eigenvalue weighted by Crippen LogP contribution is 2.34. The molecule has 6 heteroatoms. The van der Waals surface area contributed by atoms with Crippen molar-refractivity contribution in [3.8, 4) is 0 Å². The Morgan fingerprint density at radius 3 is 2.50 bits per heavy atom. The molecule has 1 aliphatic rings. The second kappa shape index (κ2) is 9.01. The molecule has 4 nitrogen and oxygen atoms in total. The van der Waals surface area contributed by atoms with E-state index in [1.807, 2.05) is 18.3 Å². The standard InChI is InChI=1S/C15H17NS.C7H8O3S/c1-2-11-4-3-5-14-13(11)10-15(17-14)12-6-8-16-9-7-12;1-6-2-4-7(5-3-6)11(8,9)10/h3-6,10,16H,2,7-9H2,1H3;2-5H,1H3,(H,8,9,10). The van der Waals surface area contributed by atoms with Crippen LogP contribution in [0.1, 0.15) is 29.3 Å². The molecule has 2 N–H and O–H groups in total. The first-order valence-electron chi connectivity index (χ1n) is 9.34. The number of hydrogen-bond donors (Lipinski definition) is 2. The minimum absolute atomic E-state index is 0.0666. The average Bonchev–Trinajstić information content (AvgIpc) is 3.13. The van der Waals surface area contributed by atoms with Crippen LogP contribution < -0.4 is 5.32 Å². The van der Waals surface area contributed by atoms with Crippen LogP contribution in [0, 0.1) is 6.92 Å². The zero-order valence-electron chi connectivity index (χ0n) is 16.1. The van der Waals surface area contributed by atoms with Crippen LogP contribution in [0.4, 0.5) is 0 Å². The number of nitrogens with one attached hydrogen (secondary N) is 1. The fourth-order valence-electron chi connectivity index (χ4n) is 3.14. The summed E-state index contributed by atoms with van der Waals surface area (Å²) in [6.07, 6.45) is 4.61. The van der Waals surface area contributed by atoms with Crippen LogP contribution in [0.5, 0.6) is 0 Å². The van der Waals surface area contributed by atoms with Crippen molar-refractivity contribution in [2.45, 2.75) is 31.6 Å². The SMILES string of the molecule is CCc1cccc2sc(C3=CCNCC3)cc12.Cc1ccc(S(=O)(=O)O)cc1. The molecule has 0 atom stereocenters. The van der Waals surface area contributed by atoms with Gasteiger partial charge in [-0.3, -0.25) is 4.55 Å². The summed E-state index contributed by atoms with van der Waals surface area (Å²) < 4.78 is 31.0. The fraction of sp³-hybridized carbons (Fsp3) is 0.273. The van der Waals surface area contributed by atoms with Crippen molar-refractivity contribution < 1.29 is 13.0 Å². The quantitative estimate of drug-likeness (QED) is 0.585. The highest BCUT2D eigenvalue weighted by atomic mass is 32.2. The molecule has 0 bridgehead atoms. The lowest BCUT2D eigenvalue weighted by molar-refractivity contribution is 0.483. The molecule has 1 aromatic heterocycles. The smallest absolute Gasteiger partial charge is 0.294 e. The molecule has 0 saturated heterocycles. The van der Waals surface area contributed by atoms with Crippen LogP contribution in [0.2, 0.25) is 0 Å². The van der Waals surface area contributed by atoms with Gasteiger partial charge in [0.2, 0.25) is 0 Å². The predicted molar refractivity (Wildman–Crippen MR) is 118 cm³/mol. The second-order valence-corrected chi connectivity index (χ2v) is 9.27. The highest BCUT2D eigenvalue weighted by Gasteiger charge is 2.10. The molecule has 0 spiro atoms. The third kappa shape index (κ3) is 5.08. The van der Waals surface area contributed by atoms with E-state index in [9.17, 15) is 8.42 Å². The summed E-state index contributed by atoms with van der Waals surface area (Å²) in [6.45, 7) is 6.20. The van der Waals surface area contributed by atoms with E-state index in [2.05, 4.69) is 42.6 Å². The van der Waals surface area contributed by atoms with Crippen molar-refractivity contribution in [1.82, 2.24) is 5.32 Å². The number of hydrogen-bond acceptors (Lipinski definition) is 4. The van der Waals surface area contributed by atoms with Gasteiger partial charge in [-0.25, -0.2) is 0 Å². The summed E-state index contributed by atoms with van der Waals surface area (Å²) in [5, 5.41) is 4.82. The van der Waals surface area contributed by atoms with Crippen molar-refractivity contribution >= 4 is 37.1 Å². The number of aryl methyl sites for hydroxylation is 2. The minimum atomic E-state index is -4.02. The van der Waals surface area contributed by atoms with Crippen molar-refractivity contribution in [3.05, 3.63) is 70.6 Å². The zero-order chi connectivity index (χ0) is 20.1. The van der Waals surface area contributed by atoms with Gasteiger partial charge < -0.3 is 5.32 Å². The van der Waals surface area contributed by atoms with Gasteiger partial charge in [0.1, 0.15) is 0 Å². The van der Waals surface area contributed by atoms with E-state index in [0.29, 0.717) is 0 Å². The van der Waals surface area contributed by atoms with Crippen LogP contribution in [-0.4, -0.2) is 26.1 Å². The van der Waals surface area contributed by atoms with Gasteiger partial charge in [-0.15, -0.1) is 11.3 Å². The van der Waals surface area contributed by atoms with Gasteiger partial charge in [-0.05, 0) is 67.1 Å². The van der Waals surface area contributed by atoms with E-state index in [1.165, 1.54) is 38.2 Å². The minimum Gasteiger partial charge on any atom is -0.313 e. The Kier molecular flexibility index (Phi) is 6.67. The van der Waals surface area contributed by atoms with Crippen LogP contribution in [0.3, 0.4) is 0 Å². The van der Waals surface area contributed by atoms with Gasteiger partial charge in [-0.2, -0.15) is 8.42 Å². The largest absolute Gasteiger partial charge is 0.313 e. The van der Waals surface area contributed by atoms with Crippen molar-refractivity contribution in [2.24, 2.45) is 0 Å². The molecule has 2 aromatic carbocycles. The lowest BCUT2D eigenvalue weighted by Gasteiger charge is -2.11. The Morgan fingerprint density at radius 2 is 1.89 bits per heavy atom. The van der Waals surface area contributed by atoms with E-state index in [0.717, 1.165) is 31.5 Å². The third-order valence-electron chi connectivity index (χ3n) is 4.73. The lowest BCUT2D eigenvalue weighted by atomic mass is 10.0. The Labute approximate surface area is 170 Å². The molecule has 0 aliphatic carbocycles. The predicted octanol–water partition coefficient (Wildman–Crippen LogP) is 5.08.